The third-order valence-corrected chi connectivity index (χ3v) is 3.67. The first-order valence-electron chi connectivity index (χ1n) is 7.89. The number of benzene rings is 1. The highest BCUT2D eigenvalue weighted by Crippen LogP contribution is 2.15. The van der Waals surface area contributed by atoms with Gasteiger partial charge in [-0.1, -0.05) is 23.8 Å². The van der Waals surface area contributed by atoms with Crippen LogP contribution < -0.4 is 0 Å². The number of hydrogen-bond acceptors (Lipinski definition) is 3. The third-order valence-electron chi connectivity index (χ3n) is 3.67. The third kappa shape index (κ3) is 6.60. The summed E-state index contributed by atoms with van der Waals surface area (Å²) in [5.41, 5.74) is 3.93. The molecule has 1 aromatic rings. The van der Waals surface area contributed by atoms with E-state index in [4.69, 9.17) is 4.74 Å². The molecule has 1 unspecified atom stereocenters. The van der Waals surface area contributed by atoms with E-state index in [2.05, 4.69) is 50.8 Å². The molecule has 0 bridgehead atoms. The zero-order valence-electron chi connectivity index (χ0n) is 14.4. The van der Waals surface area contributed by atoms with E-state index in [1.807, 2.05) is 13.8 Å². The van der Waals surface area contributed by atoms with E-state index in [0.29, 0.717) is 19.2 Å². The van der Waals surface area contributed by atoms with Crippen LogP contribution in [-0.2, 0) is 11.3 Å². The van der Waals surface area contributed by atoms with Crippen LogP contribution in [0, 0.1) is 13.8 Å². The number of aliphatic hydroxyl groups is 1. The summed E-state index contributed by atoms with van der Waals surface area (Å²) in [6.45, 7) is 14.5. The van der Waals surface area contributed by atoms with E-state index in [-0.39, 0.29) is 6.10 Å². The second kappa shape index (κ2) is 8.52. The quantitative estimate of drug-likeness (QED) is 0.798. The molecule has 0 spiro atoms. The van der Waals surface area contributed by atoms with Crippen molar-refractivity contribution in [2.75, 3.05) is 13.2 Å². The van der Waals surface area contributed by atoms with Gasteiger partial charge in [0.15, 0.2) is 0 Å². The molecule has 0 fully saturated rings. The molecule has 0 aliphatic carbocycles. The maximum Gasteiger partial charge on any atom is 0.0900 e. The van der Waals surface area contributed by atoms with Gasteiger partial charge in [-0.15, -0.1) is 0 Å². The fraction of sp³-hybridized carbons (Fsp3) is 0.667. The minimum Gasteiger partial charge on any atom is -0.389 e. The number of hydrogen-bond donors (Lipinski definition) is 1. The van der Waals surface area contributed by atoms with Gasteiger partial charge in [-0.25, -0.2) is 0 Å². The molecule has 0 radical (unpaired) electrons. The molecule has 21 heavy (non-hydrogen) atoms. The molecule has 3 heteroatoms. The van der Waals surface area contributed by atoms with Gasteiger partial charge >= 0.3 is 0 Å². The smallest absolute Gasteiger partial charge is 0.0900 e. The second-order valence-corrected chi connectivity index (χ2v) is 6.49. The van der Waals surface area contributed by atoms with Gasteiger partial charge < -0.3 is 9.84 Å². The zero-order chi connectivity index (χ0) is 16.0. The van der Waals surface area contributed by atoms with Gasteiger partial charge in [0.05, 0.1) is 18.8 Å². The minimum atomic E-state index is -0.444. The molecule has 0 aliphatic rings. The van der Waals surface area contributed by atoms with Crippen molar-refractivity contribution in [3.05, 3.63) is 34.9 Å². The monoisotopic (exact) mass is 293 g/mol. The predicted molar refractivity (Wildman–Crippen MR) is 88.6 cm³/mol. The highest BCUT2D eigenvalue weighted by molar-refractivity contribution is 5.30. The molecule has 0 saturated heterocycles. The van der Waals surface area contributed by atoms with Crippen LogP contribution in [0.4, 0.5) is 0 Å². The van der Waals surface area contributed by atoms with Crippen LogP contribution in [0.3, 0.4) is 0 Å². The number of aliphatic hydroxyl groups excluding tert-OH is 1. The first-order chi connectivity index (χ1) is 9.79. The first-order valence-corrected chi connectivity index (χ1v) is 7.89. The molecule has 3 nitrogen and oxygen atoms in total. The van der Waals surface area contributed by atoms with Gasteiger partial charge in [-0.3, -0.25) is 4.90 Å². The van der Waals surface area contributed by atoms with Gasteiger partial charge in [0.2, 0.25) is 0 Å². The second-order valence-electron chi connectivity index (χ2n) is 6.49. The summed E-state index contributed by atoms with van der Waals surface area (Å²) in [5.74, 6) is 0. The van der Waals surface area contributed by atoms with E-state index < -0.39 is 6.10 Å². The van der Waals surface area contributed by atoms with Crippen molar-refractivity contribution in [3.8, 4) is 0 Å². The van der Waals surface area contributed by atoms with Crippen molar-refractivity contribution in [2.45, 2.75) is 66.3 Å². The predicted octanol–water partition coefficient (Wildman–Crippen LogP) is 3.30. The van der Waals surface area contributed by atoms with Crippen LogP contribution >= 0.6 is 0 Å². The Morgan fingerprint density at radius 1 is 1.14 bits per heavy atom. The van der Waals surface area contributed by atoms with Gasteiger partial charge in [0.25, 0.3) is 0 Å². The summed E-state index contributed by atoms with van der Waals surface area (Å²) in [7, 11) is 0. The molecule has 0 aliphatic heterocycles. The molecule has 1 aromatic carbocycles. The van der Waals surface area contributed by atoms with Crippen LogP contribution in [0.5, 0.6) is 0 Å². The van der Waals surface area contributed by atoms with E-state index in [9.17, 15) is 5.11 Å². The summed E-state index contributed by atoms with van der Waals surface area (Å²) in [4.78, 5) is 2.30. The molecule has 120 valence electrons. The minimum absolute atomic E-state index is 0.159. The van der Waals surface area contributed by atoms with Crippen molar-refractivity contribution in [2.24, 2.45) is 0 Å². The lowest BCUT2D eigenvalue weighted by atomic mass is 10.0. The largest absolute Gasteiger partial charge is 0.389 e. The summed E-state index contributed by atoms with van der Waals surface area (Å²) in [6, 6.07) is 6.95. The Bertz CT molecular complexity index is 429. The van der Waals surface area contributed by atoms with Gasteiger partial charge in [-0.05, 0) is 52.7 Å². The van der Waals surface area contributed by atoms with Crippen molar-refractivity contribution in [1.82, 2.24) is 4.90 Å². The molecule has 0 saturated carbocycles. The van der Waals surface area contributed by atoms with Crippen molar-refractivity contribution < 1.29 is 9.84 Å². The highest BCUT2D eigenvalue weighted by atomic mass is 16.5. The fourth-order valence-electron chi connectivity index (χ4n) is 2.33. The fourth-order valence-corrected chi connectivity index (χ4v) is 2.33. The average molecular weight is 293 g/mol. The van der Waals surface area contributed by atoms with Crippen molar-refractivity contribution in [3.63, 3.8) is 0 Å². The lowest BCUT2D eigenvalue weighted by Crippen LogP contribution is -2.39. The standard InChI is InChI=1S/C18H31NO2/c1-13(2)19(11-18(20)12-21-14(3)4)10-17-8-7-15(5)9-16(17)6/h7-9,13-14,18,20H,10-12H2,1-6H3. The van der Waals surface area contributed by atoms with E-state index >= 15 is 0 Å². The number of rotatable bonds is 8. The Kier molecular flexibility index (Phi) is 7.36. The molecule has 1 rings (SSSR count). The van der Waals surface area contributed by atoms with Crippen molar-refractivity contribution >= 4 is 0 Å². The molecule has 0 aromatic heterocycles. The van der Waals surface area contributed by atoms with Gasteiger partial charge in [-0.2, -0.15) is 0 Å². The number of ether oxygens (including phenoxy) is 1. The van der Waals surface area contributed by atoms with Gasteiger partial charge in [0.1, 0.15) is 0 Å². The zero-order valence-corrected chi connectivity index (χ0v) is 14.4. The number of aryl methyl sites for hydroxylation is 2. The molecule has 1 atom stereocenters. The van der Waals surface area contributed by atoms with Crippen LogP contribution in [0.25, 0.3) is 0 Å². The maximum absolute atomic E-state index is 10.1. The lowest BCUT2D eigenvalue weighted by molar-refractivity contribution is -0.0136. The topological polar surface area (TPSA) is 32.7 Å². The summed E-state index contributed by atoms with van der Waals surface area (Å²) in [6.07, 6.45) is -0.285. The highest BCUT2D eigenvalue weighted by Gasteiger charge is 2.16. The maximum atomic E-state index is 10.1. The Balaban J connectivity index is 2.65. The van der Waals surface area contributed by atoms with Gasteiger partial charge in [0, 0.05) is 19.1 Å². The SMILES string of the molecule is Cc1ccc(CN(CC(O)COC(C)C)C(C)C)c(C)c1. The molecular weight excluding hydrogens is 262 g/mol. The Labute approximate surface area is 129 Å². The summed E-state index contributed by atoms with van der Waals surface area (Å²) < 4.78 is 5.50. The number of nitrogens with zero attached hydrogens (tertiary/aromatic N) is 1. The summed E-state index contributed by atoms with van der Waals surface area (Å²) in [5, 5.41) is 10.1. The van der Waals surface area contributed by atoms with Crippen LogP contribution in [0.15, 0.2) is 18.2 Å². The first kappa shape index (κ1) is 18.1. The van der Waals surface area contributed by atoms with Crippen LogP contribution in [0.2, 0.25) is 0 Å². The van der Waals surface area contributed by atoms with E-state index in [0.717, 1.165) is 6.54 Å². The van der Waals surface area contributed by atoms with E-state index in [1.165, 1.54) is 16.7 Å². The Morgan fingerprint density at radius 2 is 1.81 bits per heavy atom. The Hall–Kier alpha value is -0.900. The lowest BCUT2D eigenvalue weighted by Gasteiger charge is -2.29. The molecule has 0 amide bonds. The van der Waals surface area contributed by atoms with Crippen molar-refractivity contribution in [1.29, 1.82) is 0 Å². The average Bonchev–Trinajstić information content (AvgIpc) is 2.38. The molecule has 0 heterocycles. The van der Waals surface area contributed by atoms with Crippen LogP contribution in [0.1, 0.15) is 44.4 Å². The molecular formula is C18H31NO2. The van der Waals surface area contributed by atoms with E-state index in [1.54, 1.807) is 0 Å². The van der Waals surface area contributed by atoms with Crippen LogP contribution in [-0.4, -0.2) is 41.4 Å². The molecule has 1 N–H and O–H groups in total. The normalized spacial score (nSPS) is 13.4. The summed E-state index contributed by atoms with van der Waals surface area (Å²) >= 11 is 0. The Morgan fingerprint density at radius 3 is 2.33 bits per heavy atom.